The van der Waals surface area contributed by atoms with E-state index in [0.29, 0.717) is 5.56 Å². The number of esters is 2. The maximum Gasteiger partial charge on any atom is 0.338 e. The van der Waals surface area contributed by atoms with Crippen LogP contribution >= 0.6 is 0 Å². The number of hydrogen-bond donors (Lipinski definition) is 0. The Morgan fingerprint density at radius 1 is 1.38 bits per heavy atom. The van der Waals surface area contributed by atoms with Gasteiger partial charge in [0.1, 0.15) is 6.61 Å². The van der Waals surface area contributed by atoms with Gasteiger partial charge in [-0.2, -0.15) is 0 Å². The lowest BCUT2D eigenvalue weighted by Crippen LogP contribution is -2.33. The number of carbonyl (C=O) groups is 2. The van der Waals surface area contributed by atoms with E-state index in [1.165, 1.54) is 13.8 Å². The number of halogens is 1. The summed E-state index contributed by atoms with van der Waals surface area (Å²) in [7, 11) is 0. The van der Waals surface area contributed by atoms with Crippen LogP contribution in [0.3, 0.4) is 0 Å². The van der Waals surface area contributed by atoms with Gasteiger partial charge in [-0.05, 0) is 19.1 Å². The molecule has 1 aliphatic rings. The molecule has 1 saturated heterocycles. The summed E-state index contributed by atoms with van der Waals surface area (Å²) in [6, 6.07) is 8.47. The quantitative estimate of drug-likeness (QED) is 0.797. The van der Waals surface area contributed by atoms with Crippen molar-refractivity contribution in [3.63, 3.8) is 0 Å². The van der Waals surface area contributed by atoms with Gasteiger partial charge >= 0.3 is 11.9 Å². The summed E-state index contributed by atoms with van der Waals surface area (Å²) in [5.41, 5.74) is -1.38. The van der Waals surface area contributed by atoms with Gasteiger partial charge < -0.3 is 14.2 Å². The lowest BCUT2D eigenvalue weighted by Gasteiger charge is -2.19. The molecule has 1 aromatic carbocycles. The van der Waals surface area contributed by atoms with E-state index in [1.54, 1.807) is 30.3 Å². The minimum absolute atomic E-state index is 0.00693. The topological polar surface area (TPSA) is 61.8 Å². The standard InChI is InChI=1S/C15H17FO5/c1-10(17)20-14-15(2,16)8-12(21-14)9-19-13(18)11-6-4-3-5-7-11/h3-7,12,14H,8-9H2,1-2H3/t12-,14+,15?/m0/s1. The van der Waals surface area contributed by atoms with E-state index in [9.17, 15) is 14.0 Å². The first-order valence-electron chi connectivity index (χ1n) is 6.62. The van der Waals surface area contributed by atoms with Crippen molar-refractivity contribution in [3.8, 4) is 0 Å². The summed E-state index contributed by atoms with van der Waals surface area (Å²) in [5, 5.41) is 0. The van der Waals surface area contributed by atoms with Gasteiger partial charge in [0.25, 0.3) is 0 Å². The summed E-state index contributed by atoms with van der Waals surface area (Å²) in [6.07, 6.45) is -1.92. The summed E-state index contributed by atoms with van der Waals surface area (Å²) in [4.78, 5) is 22.7. The summed E-state index contributed by atoms with van der Waals surface area (Å²) in [5.74, 6) is -1.12. The Morgan fingerprint density at radius 3 is 2.67 bits per heavy atom. The molecular formula is C15H17FO5. The highest BCUT2D eigenvalue weighted by Gasteiger charge is 2.48. The second-order valence-corrected chi connectivity index (χ2v) is 5.15. The van der Waals surface area contributed by atoms with Crippen LogP contribution in [0.4, 0.5) is 4.39 Å². The largest absolute Gasteiger partial charge is 0.459 e. The van der Waals surface area contributed by atoms with Crippen LogP contribution in [0.2, 0.25) is 0 Å². The zero-order valence-corrected chi connectivity index (χ0v) is 11.9. The molecule has 0 radical (unpaired) electrons. The SMILES string of the molecule is CC(=O)O[C@@H]1O[C@H](COC(=O)c2ccccc2)CC1(C)F. The molecule has 1 unspecified atom stereocenters. The lowest BCUT2D eigenvalue weighted by molar-refractivity contribution is -0.192. The molecule has 5 nitrogen and oxygen atoms in total. The highest BCUT2D eigenvalue weighted by molar-refractivity contribution is 5.89. The zero-order valence-electron chi connectivity index (χ0n) is 11.9. The highest BCUT2D eigenvalue weighted by Crippen LogP contribution is 2.34. The normalized spacial score (nSPS) is 28.1. The molecule has 0 bridgehead atoms. The lowest BCUT2D eigenvalue weighted by atomic mass is 10.0. The van der Waals surface area contributed by atoms with E-state index < -0.39 is 30.0 Å². The molecule has 6 heteroatoms. The Bertz CT molecular complexity index is 514. The van der Waals surface area contributed by atoms with Gasteiger partial charge in [-0.3, -0.25) is 4.79 Å². The molecule has 1 aliphatic heterocycles. The average Bonchev–Trinajstić information content (AvgIpc) is 2.71. The van der Waals surface area contributed by atoms with Crippen LogP contribution in [-0.2, 0) is 19.0 Å². The molecule has 0 saturated carbocycles. The monoisotopic (exact) mass is 296 g/mol. The number of benzene rings is 1. The van der Waals surface area contributed by atoms with Crippen molar-refractivity contribution in [2.75, 3.05) is 6.61 Å². The summed E-state index contributed by atoms with van der Waals surface area (Å²) >= 11 is 0. The van der Waals surface area contributed by atoms with E-state index in [1.807, 2.05) is 0 Å². The Labute approximate surface area is 122 Å². The van der Waals surface area contributed by atoms with Crippen molar-refractivity contribution in [1.82, 2.24) is 0 Å². The Morgan fingerprint density at radius 2 is 2.05 bits per heavy atom. The molecule has 0 aliphatic carbocycles. The van der Waals surface area contributed by atoms with Gasteiger partial charge in [0.05, 0.1) is 11.7 Å². The van der Waals surface area contributed by atoms with Crippen LogP contribution in [0, 0.1) is 0 Å². The predicted octanol–water partition coefficient (Wildman–Crippen LogP) is 2.25. The van der Waals surface area contributed by atoms with Crippen molar-refractivity contribution < 1.29 is 28.2 Å². The van der Waals surface area contributed by atoms with Crippen LogP contribution in [-0.4, -0.2) is 36.6 Å². The maximum absolute atomic E-state index is 14.2. The van der Waals surface area contributed by atoms with Crippen LogP contribution in [0.1, 0.15) is 30.6 Å². The molecule has 1 heterocycles. The van der Waals surface area contributed by atoms with Crippen molar-refractivity contribution in [2.45, 2.75) is 38.3 Å². The fourth-order valence-corrected chi connectivity index (χ4v) is 2.13. The van der Waals surface area contributed by atoms with Gasteiger partial charge in [-0.25, -0.2) is 9.18 Å². The molecule has 1 fully saturated rings. The molecule has 114 valence electrons. The van der Waals surface area contributed by atoms with Crippen LogP contribution < -0.4 is 0 Å². The zero-order chi connectivity index (χ0) is 15.5. The van der Waals surface area contributed by atoms with Gasteiger partial charge in [0, 0.05) is 13.3 Å². The first kappa shape index (κ1) is 15.4. The second kappa shape index (κ2) is 6.22. The van der Waals surface area contributed by atoms with E-state index in [0.717, 1.165) is 0 Å². The van der Waals surface area contributed by atoms with Gasteiger partial charge in [0.2, 0.25) is 6.29 Å². The predicted molar refractivity (Wildman–Crippen MR) is 71.3 cm³/mol. The molecular weight excluding hydrogens is 279 g/mol. The smallest absolute Gasteiger partial charge is 0.338 e. The molecule has 0 amide bonds. The van der Waals surface area contributed by atoms with Crippen LogP contribution in [0.25, 0.3) is 0 Å². The number of carbonyl (C=O) groups excluding carboxylic acids is 2. The molecule has 21 heavy (non-hydrogen) atoms. The molecule has 0 spiro atoms. The number of alkyl halides is 1. The fourth-order valence-electron chi connectivity index (χ4n) is 2.13. The Hall–Kier alpha value is -1.95. The third kappa shape index (κ3) is 4.01. The van der Waals surface area contributed by atoms with Gasteiger partial charge in [0.15, 0.2) is 5.67 Å². The van der Waals surface area contributed by atoms with Crippen LogP contribution in [0.5, 0.6) is 0 Å². The third-order valence-electron chi connectivity index (χ3n) is 3.12. The minimum atomic E-state index is -1.80. The van der Waals surface area contributed by atoms with E-state index in [2.05, 4.69) is 0 Å². The summed E-state index contributed by atoms with van der Waals surface area (Å²) in [6.45, 7) is 2.38. The fraction of sp³-hybridized carbons (Fsp3) is 0.467. The first-order valence-corrected chi connectivity index (χ1v) is 6.62. The molecule has 0 N–H and O–H groups in total. The Balaban J connectivity index is 1.87. The van der Waals surface area contributed by atoms with Crippen molar-refractivity contribution in [1.29, 1.82) is 0 Å². The third-order valence-corrected chi connectivity index (χ3v) is 3.12. The molecule has 1 aromatic rings. The van der Waals surface area contributed by atoms with E-state index in [-0.39, 0.29) is 13.0 Å². The number of hydrogen-bond acceptors (Lipinski definition) is 5. The van der Waals surface area contributed by atoms with Crippen molar-refractivity contribution >= 4 is 11.9 Å². The highest BCUT2D eigenvalue weighted by atomic mass is 19.1. The van der Waals surface area contributed by atoms with Gasteiger partial charge in [-0.15, -0.1) is 0 Å². The molecule has 3 atom stereocenters. The van der Waals surface area contributed by atoms with Crippen LogP contribution in [0.15, 0.2) is 30.3 Å². The first-order chi connectivity index (χ1) is 9.88. The van der Waals surface area contributed by atoms with Crippen molar-refractivity contribution in [3.05, 3.63) is 35.9 Å². The van der Waals surface area contributed by atoms with E-state index in [4.69, 9.17) is 14.2 Å². The average molecular weight is 296 g/mol. The Kier molecular flexibility index (Phi) is 4.57. The summed E-state index contributed by atoms with van der Waals surface area (Å²) < 4.78 is 29.3. The van der Waals surface area contributed by atoms with Crippen molar-refractivity contribution in [2.24, 2.45) is 0 Å². The van der Waals surface area contributed by atoms with E-state index >= 15 is 0 Å². The molecule has 2 rings (SSSR count). The van der Waals surface area contributed by atoms with Gasteiger partial charge in [-0.1, -0.05) is 18.2 Å². The minimum Gasteiger partial charge on any atom is -0.459 e. The number of ether oxygens (including phenoxy) is 3. The maximum atomic E-state index is 14.2. The molecule has 0 aromatic heterocycles. The second-order valence-electron chi connectivity index (χ2n) is 5.15. The number of rotatable bonds is 4.